The van der Waals surface area contributed by atoms with Gasteiger partial charge in [-0.1, -0.05) is 48.2 Å². The maximum atomic E-state index is 11.2. The first-order valence-corrected chi connectivity index (χ1v) is 11.5. The van der Waals surface area contributed by atoms with Gasteiger partial charge in [0, 0.05) is 24.4 Å². The number of hydrogen-bond donors (Lipinski definition) is 2. The Morgan fingerprint density at radius 3 is 2.55 bits per heavy atom. The molecule has 1 aromatic carbocycles. The fourth-order valence-electron chi connectivity index (χ4n) is 5.13. The predicted molar refractivity (Wildman–Crippen MR) is 122 cm³/mol. The fourth-order valence-corrected chi connectivity index (χ4v) is 5.13. The van der Waals surface area contributed by atoms with Gasteiger partial charge < -0.3 is 10.2 Å². The van der Waals surface area contributed by atoms with Crippen LogP contribution in [0.25, 0.3) is 5.57 Å². The third kappa shape index (κ3) is 4.45. The molecule has 160 valence electrons. The second-order valence-corrected chi connectivity index (χ2v) is 9.24. The minimum Gasteiger partial charge on any atom is -0.393 e. The molecule has 3 aliphatic heterocycles. The molecule has 0 saturated carbocycles. The van der Waals surface area contributed by atoms with Crippen LogP contribution in [-0.2, 0) is 6.42 Å². The van der Waals surface area contributed by atoms with Crippen molar-refractivity contribution in [1.29, 1.82) is 0 Å². The molecule has 31 heavy (non-hydrogen) atoms. The number of aromatic nitrogens is 1. The van der Waals surface area contributed by atoms with Gasteiger partial charge in [-0.3, -0.25) is 9.88 Å². The predicted octanol–water partition coefficient (Wildman–Crippen LogP) is 3.41. The van der Waals surface area contributed by atoms with E-state index in [9.17, 15) is 10.2 Å². The van der Waals surface area contributed by atoms with Crippen LogP contribution in [0.15, 0.2) is 48.5 Å². The highest BCUT2D eigenvalue weighted by atomic mass is 16.3. The highest BCUT2D eigenvalue weighted by molar-refractivity contribution is 5.64. The van der Waals surface area contributed by atoms with Crippen molar-refractivity contribution in [3.63, 3.8) is 0 Å². The SMILES string of the molecule is OC1CC=C(c2ccc(C#CC3(O)CN4CCC3CC4)c(Cc3ccccc3)n2)CC1. The Kier molecular flexibility index (Phi) is 5.67. The maximum absolute atomic E-state index is 11.2. The third-order valence-corrected chi connectivity index (χ3v) is 7.04. The molecule has 4 nitrogen and oxygen atoms in total. The minimum atomic E-state index is -0.915. The van der Waals surface area contributed by atoms with Crippen molar-refractivity contribution in [3.8, 4) is 11.8 Å². The smallest absolute Gasteiger partial charge is 0.141 e. The van der Waals surface area contributed by atoms with Crippen LogP contribution in [0, 0.1) is 17.8 Å². The van der Waals surface area contributed by atoms with Gasteiger partial charge in [0.15, 0.2) is 0 Å². The molecule has 4 aliphatic rings. The van der Waals surface area contributed by atoms with Gasteiger partial charge in [0.25, 0.3) is 0 Å². The molecule has 2 atom stereocenters. The number of pyridine rings is 1. The molecule has 3 saturated heterocycles. The average molecular weight is 415 g/mol. The number of hydrogen-bond acceptors (Lipinski definition) is 4. The molecular weight excluding hydrogens is 384 g/mol. The third-order valence-electron chi connectivity index (χ3n) is 7.04. The van der Waals surface area contributed by atoms with Crippen LogP contribution in [0.3, 0.4) is 0 Å². The summed E-state index contributed by atoms with van der Waals surface area (Å²) in [5.74, 6) is 6.84. The first-order valence-electron chi connectivity index (χ1n) is 11.5. The van der Waals surface area contributed by atoms with Gasteiger partial charge in [-0.15, -0.1) is 0 Å². The van der Waals surface area contributed by atoms with Crippen LogP contribution < -0.4 is 0 Å². The second-order valence-electron chi connectivity index (χ2n) is 9.24. The molecule has 6 rings (SSSR count). The largest absolute Gasteiger partial charge is 0.393 e. The summed E-state index contributed by atoms with van der Waals surface area (Å²) < 4.78 is 0. The van der Waals surface area contributed by atoms with Gasteiger partial charge in [-0.05, 0) is 68.5 Å². The molecule has 0 spiro atoms. The number of aliphatic hydroxyl groups is 2. The van der Waals surface area contributed by atoms with E-state index in [2.05, 4.69) is 41.0 Å². The molecule has 0 radical (unpaired) electrons. The summed E-state index contributed by atoms with van der Waals surface area (Å²) >= 11 is 0. The zero-order valence-corrected chi connectivity index (χ0v) is 17.9. The number of aliphatic hydroxyl groups excluding tert-OH is 1. The summed E-state index contributed by atoms with van der Waals surface area (Å²) in [5, 5.41) is 21.0. The van der Waals surface area contributed by atoms with E-state index in [1.807, 2.05) is 24.3 Å². The molecule has 2 N–H and O–H groups in total. The van der Waals surface area contributed by atoms with E-state index in [0.717, 1.165) is 55.7 Å². The van der Waals surface area contributed by atoms with Gasteiger partial charge in [-0.2, -0.15) is 0 Å². The highest BCUT2D eigenvalue weighted by Gasteiger charge is 2.44. The van der Waals surface area contributed by atoms with Crippen molar-refractivity contribution < 1.29 is 10.2 Å². The molecule has 1 aromatic heterocycles. The van der Waals surface area contributed by atoms with E-state index in [4.69, 9.17) is 4.98 Å². The van der Waals surface area contributed by atoms with E-state index in [1.54, 1.807) is 0 Å². The normalized spacial score (nSPS) is 29.7. The maximum Gasteiger partial charge on any atom is 0.141 e. The van der Waals surface area contributed by atoms with Gasteiger partial charge >= 0.3 is 0 Å². The lowest BCUT2D eigenvalue weighted by atomic mass is 9.75. The fraction of sp³-hybridized carbons (Fsp3) is 0.444. The van der Waals surface area contributed by atoms with E-state index < -0.39 is 5.60 Å². The molecule has 4 heteroatoms. The zero-order chi connectivity index (χ0) is 21.3. The van der Waals surface area contributed by atoms with Crippen molar-refractivity contribution in [1.82, 2.24) is 9.88 Å². The van der Waals surface area contributed by atoms with Crippen LogP contribution in [0.1, 0.15) is 54.6 Å². The zero-order valence-electron chi connectivity index (χ0n) is 17.9. The van der Waals surface area contributed by atoms with Crippen molar-refractivity contribution >= 4 is 5.57 Å². The second kappa shape index (κ2) is 8.59. The van der Waals surface area contributed by atoms with Gasteiger partial charge in [-0.25, -0.2) is 0 Å². The summed E-state index contributed by atoms with van der Waals surface area (Å²) in [5.41, 5.74) is 4.31. The molecule has 1 aliphatic carbocycles. The Balaban J connectivity index is 1.48. The molecule has 4 heterocycles. The summed E-state index contributed by atoms with van der Waals surface area (Å²) in [6, 6.07) is 14.4. The summed E-state index contributed by atoms with van der Waals surface area (Å²) in [6.45, 7) is 2.81. The molecule has 2 unspecified atom stereocenters. The summed E-state index contributed by atoms with van der Waals surface area (Å²) in [4.78, 5) is 7.33. The number of allylic oxidation sites excluding steroid dienone is 1. The molecule has 0 amide bonds. The number of nitrogens with zero attached hydrogens (tertiary/aromatic N) is 2. The molecule has 2 bridgehead atoms. The van der Waals surface area contributed by atoms with Gasteiger partial charge in [0.05, 0.1) is 17.5 Å². The van der Waals surface area contributed by atoms with Crippen LogP contribution in [0.2, 0.25) is 0 Å². The monoisotopic (exact) mass is 414 g/mol. The van der Waals surface area contributed by atoms with E-state index in [0.29, 0.717) is 19.4 Å². The number of fused-ring (bicyclic) bond motifs is 3. The highest BCUT2D eigenvalue weighted by Crippen LogP contribution is 2.35. The van der Waals surface area contributed by atoms with Gasteiger partial charge in [0.2, 0.25) is 0 Å². The van der Waals surface area contributed by atoms with Crippen LogP contribution in [-0.4, -0.2) is 51.4 Å². The topological polar surface area (TPSA) is 56.6 Å². The van der Waals surface area contributed by atoms with Crippen molar-refractivity contribution in [2.24, 2.45) is 5.92 Å². The van der Waals surface area contributed by atoms with Crippen molar-refractivity contribution in [2.75, 3.05) is 19.6 Å². The standard InChI is InChI=1S/C27H30N2O2/c30-24-9-6-21(7-10-24)25-11-8-22(26(28-25)18-20-4-2-1-3-5-20)12-15-27(31)19-29-16-13-23(27)14-17-29/h1-6,8,11,23-24,30-31H,7,9-10,13-14,16-19H2. The van der Waals surface area contributed by atoms with E-state index >= 15 is 0 Å². The van der Waals surface area contributed by atoms with Crippen molar-refractivity contribution in [3.05, 3.63) is 71.1 Å². The Morgan fingerprint density at radius 1 is 1.06 bits per heavy atom. The Labute approximate surface area is 184 Å². The molecule has 3 fully saturated rings. The number of rotatable bonds is 3. The Hall–Kier alpha value is -2.45. The lowest BCUT2D eigenvalue weighted by Crippen LogP contribution is -2.58. The quantitative estimate of drug-likeness (QED) is 0.756. The lowest BCUT2D eigenvalue weighted by molar-refractivity contribution is -0.0713. The first kappa shape index (κ1) is 20.5. The Morgan fingerprint density at radius 2 is 1.87 bits per heavy atom. The van der Waals surface area contributed by atoms with Crippen LogP contribution in [0.5, 0.6) is 0 Å². The Bertz CT molecular complexity index is 1030. The molecular formula is C27H30N2O2. The molecule has 2 aromatic rings. The first-order chi connectivity index (χ1) is 15.1. The minimum absolute atomic E-state index is 0.236. The lowest BCUT2D eigenvalue weighted by Gasteiger charge is -2.47. The summed E-state index contributed by atoms with van der Waals surface area (Å²) in [7, 11) is 0. The number of piperidine rings is 3. The van der Waals surface area contributed by atoms with E-state index in [1.165, 1.54) is 11.1 Å². The average Bonchev–Trinajstić information content (AvgIpc) is 2.80. The number of benzene rings is 1. The van der Waals surface area contributed by atoms with Gasteiger partial charge in [0.1, 0.15) is 5.60 Å². The van der Waals surface area contributed by atoms with Crippen LogP contribution >= 0.6 is 0 Å². The van der Waals surface area contributed by atoms with Crippen LogP contribution in [0.4, 0.5) is 0 Å². The van der Waals surface area contributed by atoms with E-state index in [-0.39, 0.29) is 12.0 Å². The van der Waals surface area contributed by atoms with Crippen molar-refractivity contribution in [2.45, 2.75) is 50.2 Å². The summed E-state index contributed by atoms with van der Waals surface area (Å²) in [6.07, 6.45) is 6.97.